The van der Waals surface area contributed by atoms with Crippen molar-refractivity contribution in [3.05, 3.63) is 336 Å². The summed E-state index contributed by atoms with van der Waals surface area (Å²) in [6, 6.07) is 56.9. The third-order valence-electron chi connectivity index (χ3n) is 18.7. The standard InChI is InChI=1S/C15H16O2.C15H20O2.2C15H16O2.2C9H8N2O2.C6H8.C6H7.2H2/c1-17-14(16)15(11-7-3-2-4-8-11)12-9-5-6-10-13(12)15;3*1-17-15(16)14(12-8-4-2-5-9-12)13-10-6-3-7-11-13;2*1-13-9(12)8(11-10)7-5-3-2-4-6-7;2*1-2-4-6-5-3-1;;/h2-5,7-9,12-13H,6,10H2,1H3;2,4-5,8-9,13-14H,3,6-7,10-11H2,1H3;2,4-11,13-14H,3H2,1H3;2-10,13-14H,11H2,1H3;2*2-6H,1H3;1-2,5-6H,3-4H2;1-2,6H,3,5H2;2*1H/q;;;;;;;+1;;/t;2*14-;13?,14-;;;;;;/m.000....../s1. The quantitative estimate of drug-likeness (QED) is 0.0178. The fraction of sp³-hybridized carbons (Fsp3) is 0.311. The van der Waals surface area contributed by atoms with E-state index < -0.39 is 17.4 Å². The second kappa shape index (κ2) is 47.7. The van der Waals surface area contributed by atoms with E-state index in [2.05, 4.69) is 110 Å². The minimum Gasteiger partial charge on any atom is -0.469 e. The van der Waals surface area contributed by atoms with Crippen LogP contribution >= 0.6 is 0 Å². The number of carbonyl (C=O) groups is 6. The van der Waals surface area contributed by atoms with Crippen molar-refractivity contribution in [2.75, 3.05) is 42.7 Å². The molecule has 554 valence electrons. The summed E-state index contributed by atoms with van der Waals surface area (Å²) in [7, 11) is 8.32. The lowest BCUT2D eigenvalue weighted by Gasteiger charge is -2.28. The van der Waals surface area contributed by atoms with Gasteiger partial charge in [0.25, 0.3) is 0 Å². The molecule has 4 unspecified atom stereocenters. The molecule has 6 aromatic carbocycles. The van der Waals surface area contributed by atoms with Crippen LogP contribution in [0.4, 0.5) is 0 Å². The Morgan fingerprint density at radius 3 is 1.25 bits per heavy atom. The van der Waals surface area contributed by atoms with Gasteiger partial charge in [-0.25, -0.2) is 9.59 Å². The Bertz CT molecular complexity index is 3970. The van der Waals surface area contributed by atoms with E-state index >= 15 is 0 Å². The molecule has 0 N–H and O–H groups in total. The summed E-state index contributed by atoms with van der Waals surface area (Å²) in [5, 5.41) is 0. The first-order valence-electron chi connectivity index (χ1n) is 36.0. The molecule has 0 bridgehead atoms. The number of hydrogen-bond acceptors (Lipinski definition) is 12. The Kier molecular flexibility index (Phi) is 37.5. The number of ether oxygens (including phenoxy) is 6. The monoisotopic (exact) mass is 1430 g/mol. The van der Waals surface area contributed by atoms with Gasteiger partial charge in [-0.2, -0.15) is 9.58 Å². The van der Waals surface area contributed by atoms with Gasteiger partial charge in [-0.1, -0.05) is 262 Å². The minimum absolute atomic E-state index is 0. The van der Waals surface area contributed by atoms with E-state index in [-0.39, 0.29) is 67.7 Å². The molecule has 0 heterocycles. The number of esters is 6. The normalized spacial score (nSPS) is 18.5. The predicted molar refractivity (Wildman–Crippen MR) is 419 cm³/mol. The highest BCUT2D eigenvalue weighted by molar-refractivity contribution is 6.41. The van der Waals surface area contributed by atoms with Crippen molar-refractivity contribution < 1.29 is 69.6 Å². The van der Waals surface area contributed by atoms with E-state index in [9.17, 15) is 28.8 Å². The number of nitrogens with zero attached hydrogens (tertiary/aromatic N) is 4. The first-order valence-corrected chi connectivity index (χ1v) is 36.0. The molecule has 0 aromatic heterocycles. The highest BCUT2D eigenvalue weighted by atomic mass is 16.5. The first-order chi connectivity index (χ1) is 51.9. The summed E-state index contributed by atoms with van der Waals surface area (Å²) in [5.41, 5.74) is 21.8. The Morgan fingerprint density at radius 1 is 0.434 bits per heavy atom. The number of hydrogen-bond donors (Lipinski definition) is 0. The number of fused-ring (bicyclic) bond motifs is 1. The molecule has 7 aliphatic rings. The fourth-order valence-electron chi connectivity index (χ4n) is 13.4. The average molecular weight is 1430 g/mol. The van der Waals surface area contributed by atoms with Crippen molar-refractivity contribution in [1.29, 1.82) is 0 Å². The molecule has 0 aliphatic heterocycles. The Balaban J connectivity index is 0.000000265. The molecule has 0 saturated heterocycles. The van der Waals surface area contributed by atoms with Gasteiger partial charge in [0.1, 0.15) is 5.41 Å². The maximum atomic E-state index is 12.2. The van der Waals surface area contributed by atoms with Gasteiger partial charge >= 0.3 is 47.2 Å². The molecule has 0 spiro atoms. The molecule has 16 nitrogen and oxygen atoms in total. The Hall–Kier alpha value is -11.5. The number of carbonyl (C=O) groups excluding carboxylic acids is 6. The first kappa shape index (κ1) is 83.4. The van der Waals surface area contributed by atoms with Crippen molar-refractivity contribution >= 4 is 47.2 Å². The van der Waals surface area contributed by atoms with Gasteiger partial charge in [-0.05, 0) is 116 Å². The maximum absolute atomic E-state index is 12.2. The van der Waals surface area contributed by atoms with Crippen LogP contribution < -0.4 is 0 Å². The van der Waals surface area contributed by atoms with Crippen LogP contribution in [-0.4, -0.2) is 99.5 Å². The molecule has 0 amide bonds. The lowest BCUT2D eigenvalue weighted by molar-refractivity contribution is -0.145. The van der Waals surface area contributed by atoms with Crippen LogP contribution in [0.5, 0.6) is 0 Å². The van der Waals surface area contributed by atoms with Crippen molar-refractivity contribution in [3.63, 3.8) is 0 Å². The van der Waals surface area contributed by atoms with Gasteiger partial charge in [-0.15, -0.1) is 0 Å². The summed E-state index contributed by atoms with van der Waals surface area (Å²) in [5.74, 6) is -0.826. The zero-order chi connectivity index (χ0) is 76.0. The number of methoxy groups -OCH3 is 6. The van der Waals surface area contributed by atoms with Crippen LogP contribution in [0.25, 0.3) is 11.1 Å². The van der Waals surface area contributed by atoms with Crippen LogP contribution in [0.15, 0.2) is 285 Å². The third kappa shape index (κ3) is 25.7. The predicted octanol–water partition coefficient (Wildman–Crippen LogP) is 18.2. The second-order valence-electron chi connectivity index (χ2n) is 25.3. The Labute approximate surface area is 628 Å². The lowest BCUT2D eigenvalue weighted by atomic mass is 9.77. The van der Waals surface area contributed by atoms with Gasteiger partial charge in [0.05, 0.1) is 89.8 Å². The topological polar surface area (TPSA) is 231 Å². The zero-order valence-electron chi connectivity index (χ0n) is 61.6. The number of rotatable bonds is 15. The fourth-order valence-corrected chi connectivity index (χ4v) is 13.4. The third-order valence-corrected chi connectivity index (χ3v) is 18.7. The van der Waals surface area contributed by atoms with Gasteiger partial charge in [0.15, 0.2) is 6.08 Å². The molecule has 6 aromatic rings. The smallest absolute Gasteiger partial charge is 0.422 e. The van der Waals surface area contributed by atoms with Crippen LogP contribution in [0.3, 0.4) is 0 Å². The summed E-state index contributed by atoms with van der Waals surface area (Å²) in [6.45, 7) is 0. The van der Waals surface area contributed by atoms with E-state index in [0.717, 1.165) is 73.6 Å². The molecule has 7 atom stereocenters. The van der Waals surface area contributed by atoms with Crippen molar-refractivity contribution in [1.82, 2.24) is 0 Å². The molecule has 13 rings (SSSR count). The van der Waals surface area contributed by atoms with E-state index in [1.807, 2.05) is 140 Å². The largest absolute Gasteiger partial charge is 0.469 e. The van der Waals surface area contributed by atoms with Crippen molar-refractivity contribution in [2.45, 2.75) is 107 Å². The number of allylic oxidation sites excluding steroid dienone is 18. The van der Waals surface area contributed by atoms with E-state index in [1.54, 1.807) is 60.7 Å². The molecular formula is C90H103N4O12+. The van der Waals surface area contributed by atoms with E-state index in [4.69, 9.17) is 30.0 Å². The second-order valence-corrected chi connectivity index (χ2v) is 25.3. The van der Waals surface area contributed by atoms with Crippen molar-refractivity contribution in [2.24, 2.45) is 29.6 Å². The molecular weight excluding hydrogens is 1330 g/mol. The van der Waals surface area contributed by atoms with Crippen molar-refractivity contribution in [3.8, 4) is 0 Å². The highest BCUT2D eigenvalue weighted by Gasteiger charge is 2.70. The van der Waals surface area contributed by atoms with E-state index in [1.165, 1.54) is 74.8 Å². The summed E-state index contributed by atoms with van der Waals surface area (Å²) < 4.78 is 28.7. The lowest BCUT2D eigenvalue weighted by Crippen LogP contribution is -2.25. The summed E-state index contributed by atoms with van der Waals surface area (Å²) >= 11 is 0. The van der Waals surface area contributed by atoms with Gasteiger partial charge in [0, 0.05) is 27.5 Å². The minimum atomic E-state index is -0.659. The van der Waals surface area contributed by atoms with Crippen LogP contribution in [-0.2, 0) is 62.6 Å². The summed E-state index contributed by atoms with van der Waals surface area (Å²) in [4.78, 5) is 75.9. The molecule has 2 fully saturated rings. The molecule has 16 heteroatoms. The average Bonchev–Trinajstić information content (AvgIpc) is 1.52. The van der Waals surface area contributed by atoms with E-state index in [0.29, 0.717) is 28.9 Å². The SMILES string of the molecule is C1=CCC=CC1.COC(=O)C(=[N+]=[N-])c1ccccc1.COC(=O)C(=[N+]=[N-])c1ccccc1.COC(=O)C1(c2ccccc2)C2C=CCCC21.COC(=O)[C@@H](c1ccccc1)C1C=CC=CC1.COC(=O)[C@@H](c1ccccc1)C1C=CCC=C1.COC(=O)[C@@H](c1ccccc1)C1CCCCC1.[C+]1=CCCC=C1.[HH].[HH]. The number of benzene rings is 6. The van der Waals surface area contributed by atoms with Crippen LogP contribution in [0.1, 0.15) is 137 Å². The van der Waals surface area contributed by atoms with Crippen LogP contribution in [0, 0.1) is 35.7 Å². The molecule has 0 radical (unpaired) electrons. The van der Waals surface area contributed by atoms with Gasteiger partial charge in [0.2, 0.25) is 0 Å². The molecule has 7 aliphatic carbocycles. The zero-order valence-corrected chi connectivity index (χ0v) is 61.6. The molecule has 106 heavy (non-hydrogen) atoms. The Morgan fingerprint density at radius 2 is 0.877 bits per heavy atom. The van der Waals surface area contributed by atoms with Gasteiger partial charge < -0.3 is 39.5 Å². The van der Waals surface area contributed by atoms with Gasteiger partial charge in [-0.3, -0.25) is 19.2 Å². The maximum Gasteiger partial charge on any atom is 0.422 e. The molecule has 2 saturated carbocycles. The van der Waals surface area contributed by atoms with Crippen LogP contribution in [0.2, 0.25) is 0 Å². The highest BCUT2D eigenvalue weighted by Crippen LogP contribution is 2.64. The summed E-state index contributed by atoms with van der Waals surface area (Å²) in [6.07, 6.45) is 53.4.